The van der Waals surface area contributed by atoms with Crippen molar-refractivity contribution in [3.63, 3.8) is 0 Å². The molecule has 0 aromatic carbocycles. The largest absolute Gasteiger partial charge is 0.364 e. The Hall–Kier alpha value is -0.300. The molecule has 1 heteroatoms. The summed E-state index contributed by atoms with van der Waals surface area (Å²) >= 11 is 0. The lowest BCUT2D eigenvalue weighted by Crippen LogP contribution is -2.53. The maximum atomic E-state index is 6.20. The lowest BCUT2D eigenvalue weighted by molar-refractivity contribution is -0.164. The summed E-state index contributed by atoms with van der Waals surface area (Å²) in [6.07, 6.45) is 0. The van der Waals surface area contributed by atoms with Crippen LogP contribution in [0, 0.1) is 5.41 Å². The van der Waals surface area contributed by atoms with Crippen molar-refractivity contribution in [1.82, 2.24) is 0 Å². The van der Waals surface area contributed by atoms with Crippen molar-refractivity contribution in [2.24, 2.45) is 5.41 Å². The lowest BCUT2D eigenvalue weighted by Gasteiger charge is -2.53. The van der Waals surface area contributed by atoms with Crippen LogP contribution in [0.3, 0.4) is 0 Å². The first kappa shape index (κ1) is 11.8. The second kappa shape index (κ2) is 2.85. The minimum atomic E-state index is -0.122. The van der Waals surface area contributed by atoms with Crippen LogP contribution in [0.1, 0.15) is 55.4 Å². The van der Waals surface area contributed by atoms with Gasteiger partial charge >= 0.3 is 0 Å². The van der Waals surface area contributed by atoms with Crippen molar-refractivity contribution in [3.05, 3.63) is 11.1 Å². The second-order valence-electron chi connectivity index (χ2n) is 6.00. The molecular weight excluding hydrogens is 172 g/mol. The molecule has 0 aliphatic carbocycles. The van der Waals surface area contributed by atoms with Crippen LogP contribution in [-0.4, -0.2) is 11.2 Å². The number of hydrogen-bond acceptors (Lipinski definition) is 1. The zero-order chi connectivity index (χ0) is 11.4. The van der Waals surface area contributed by atoms with Gasteiger partial charge in [0, 0.05) is 5.41 Å². The predicted molar refractivity (Wildman–Crippen MR) is 61.4 cm³/mol. The van der Waals surface area contributed by atoms with Crippen LogP contribution in [0.4, 0.5) is 0 Å². The summed E-state index contributed by atoms with van der Waals surface area (Å²) in [5.74, 6) is 0. The summed E-state index contributed by atoms with van der Waals surface area (Å²) < 4.78 is 6.20. The summed E-state index contributed by atoms with van der Waals surface area (Å²) in [5, 5.41) is 0. The normalized spacial score (nSPS) is 29.1. The molecule has 0 saturated heterocycles. The molecule has 0 saturated carbocycles. The Labute approximate surface area is 88.5 Å². The highest BCUT2D eigenvalue weighted by molar-refractivity contribution is 5.30. The van der Waals surface area contributed by atoms with E-state index in [1.54, 1.807) is 0 Å². The molecule has 14 heavy (non-hydrogen) atoms. The Morgan fingerprint density at radius 1 is 0.786 bits per heavy atom. The fourth-order valence-electron chi connectivity index (χ4n) is 2.21. The van der Waals surface area contributed by atoms with Crippen molar-refractivity contribution in [3.8, 4) is 0 Å². The highest BCUT2D eigenvalue weighted by Crippen LogP contribution is 2.50. The maximum absolute atomic E-state index is 6.20. The highest BCUT2D eigenvalue weighted by atomic mass is 16.5. The van der Waals surface area contributed by atoms with E-state index in [0.29, 0.717) is 0 Å². The van der Waals surface area contributed by atoms with Crippen LogP contribution in [0.15, 0.2) is 11.1 Å². The average molecular weight is 196 g/mol. The van der Waals surface area contributed by atoms with Gasteiger partial charge in [0.05, 0.1) is 11.2 Å². The molecular formula is C13H24O. The van der Waals surface area contributed by atoms with Gasteiger partial charge in [-0.05, 0) is 47.1 Å². The molecule has 0 N–H and O–H groups in total. The summed E-state index contributed by atoms with van der Waals surface area (Å²) in [6, 6.07) is 0. The van der Waals surface area contributed by atoms with Crippen molar-refractivity contribution >= 4 is 0 Å². The number of hydrogen-bond donors (Lipinski definition) is 0. The van der Waals surface area contributed by atoms with E-state index in [2.05, 4.69) is 55.4 Å². The topological polar surface area (TPSA) is 9.23 Å². The van der Waals surface area contributed by atoms with E-state index in [1.165, 1.54) is 11.1 Å². The third-order valence-electron chi connectivity index (χ3n) is 4.42. The monoisotopic (exact) mass is 196 g/mol. The molecule has 0 aromatic rings. The Bertz CT molecular complexity index is 280. The fraction of sp³-hybridized carbons (Fsp3) is 0.846. The van der Waals surface area contributed by atoms with Crippen molar-refractivity contribution in [2.75, 3.05) is 0 Å². The quantitative estimate of drug-likeness (QED) is 0.533. The molecule has 0 radical (unpaired) electrons. The first-order valence-corrected chi connectivity index (χ1v) is 5.41. The molecule has 1 rings (SSSR count). The highest BCUT2D eigenvalue weighted by Gasteiger charge is 2.48. The Morgan fingerprint density at radius 2 is 1.21 bits per heavy atom. The van der Waals surface area contributed by atoms with Crippen molar-refractivity contribution < 1.29 is 4.74 Å². The zero-order valence-corrected chi connectivity index (χ0v) is 10.9. The van der Waals surface area contributed by atoms with E-state index in [1.807, 2.05) is 0 Å². The van der Waals surface area contributed by atoms with Gasteiger partial charge in [0.1, 0.15) is 0 Å². The summed E-state index contributed by atoms with van der Waals surface area (Å²) in [4.78, 5) is 0. The van der Waals surface area contributed by atoms with Gasteiger partial charge in [-0.1, -0.05) is 19.4 Å². The van der Waals surface area contributed by atoms with Gasteiger partial charge in [-0.2, -0.15) is 0 Å². The molecule has 0 spiro atoms. The van der Waals surface area contributed by atoms with Gasteiger partial charge in [-0.3, -0.25) is 0 Å². The lowest BCUT2D eigenvalue weighted by atomic mass is 9.66. The Kier molecular flexibility index (Phi) is 2.40. The molecule has 0 unspecified atom stereocenters. The first-order valence-electron chi connectivity index (χ1n) is 5.41. The van der Waals surface area contributed by atoms with Crippen molar-refractivity contribution in [1.29, 1.82) is 0 Å². The molecule has 1 nitrogen and oxygen atoms in total. The van der Waals surface area contributed by atoms with E-state index in [9.17, 15) is 0 Å². The van der Waals surface area contributed by atoms with Crippen LogP contribution < -0.4 is 0 Å². The third-order valence-corrected chi connectivity index (χ3v) is 4.42. The standard InChI is InChI=1S/C13H24O/c1-9-10(2)12(5,6)14-13(7,8)11(9,3)4/h1-8H3. The van der Waals surface area contributed by atoms with Crippen molar-refractivity contribution in [2.45, 2.75) is 66.6 Å². The first-order chi connectivity index (χ1) is 6.02. The van der Waals surface area contributed by atoms with E-state index in [4.69, 9.17) is 4.74 Å². The molecule has 0 aromatic heterocycles. The maximum Gasteiger partial charge on any atom is 0.0843 e. The van der Waals surface area contributed by atoms with Gasteiger partial charge in [0.2, 0.25) is 0 Å². The third kappa shape index (κ3) is 1.42. The minimum Gasteiger partial charge on any atom is -0.364 e. The van der Waals surface area contributed by atoms with Gasteiger partial charge in [-0.15, -0.1) is 0 Å². The predicted octanol–water partition coefficient (Wildman–Crippen LogP) is 3.94. The van der Waals surface area contributed by atoms with E-state index < -0.39 is 0 Å². The van der Waals surface area contributed by atoms with Crippen LogP contribution in [0.2, 0.25) is 0 Å². The van der Waals surface area contributed by atoms with Crippen LogP contribution >= 0.6 is 0 Å². The number of ether oxygens (including phenoxy) is 1. The molecule has 1 aliphatic rings. The number of rotatable bonds is 0. The smallest absolute Gasteiger partial charge is 0.0843 e. The fourth-order valence-corrected chi connectivity index (χ4v) is 2.21. The van der Waals surface area contributed by atoms with E-state index in [-0.39, 0.29) is 16.6 Å². The molecule has 0 fully saturated rings. The van der Waals surface area contributed by atoms with Gasteiger partial charge < -0.3 is 4.74 Å². The summed E-state index contributed by atoms with van der Waals surface area (Å²) in [6.45, 7) is 17.6. The van der Waals surface area contributed by atoms with Gasteiger partial charge in [0.25, 0.3) is 0 Å². The van der Waals surface area contributed by atoms with Crippen LogP contribution in [0.25, 0.3) is 0 Å². The summed E-state index contributed by atoms with van der Waals surface area (Å²) in [7, 11) is 0. The molecule has 1 aliphatic heterocycles. The Balaban J connectivity index is 3.34. The van der Waals surface area contributed by atoms with Crippen LogP contribution in [-0.2, 0) is 4.74 Å². The van der Waals surface area contributed by atoms with E-state index >= 15 is 0 Å². The van der Waals surface area contributed by atoms with Gasteiger partial charge in [0.15, 0.2) is 0 Å². The molecule has 82 valence electrons. The average Bonchev–Trinajstić information content (AvgIpc) is 1.97. The van der Waals surface area contributed by atoms with Crippen LogP contribution in [0.5, 0.6) is 0 Å². The van der Waals surface area contributed by atoms with Gasteiger partial charge in [-0.25, -0.2) is 0 Å². The molecule has 0 bridgehead atoms. The Morgan fingerprint density at radius 3 is 1.64 bits per heavy atom. The minimum absolute atomic E-state index is 0.0971. The molecule has 0 atom stereocenters. The molecule has 1 heterocycles. The second-order valence-corrected chi connectivity index (χ2v) is 6.00. The summed E-state index contributed by atoms with van der Waals surface area (Å²) in [5.41, 5.74) is 2.75. The molecule has 0 amide bonds. The zero-order valence-electron chi connectivity index (χ0n) is 10.9. The van der Waals surface area contributed by atoms with E-state index in [0.717, 1.165) is 0 Å². The SMILES string of the molecule is CC1=C(C)C(C)(C)C(C)(C)OC1(C)C.